The summed E-state index contributed by atoms with van der Waals surface area (Å²) in [6, 6.07) is 12.7. The maximum Gasteiger partial charge on any atom is 0.244 e. The van der Waals surface area contributed by atoms with Crippen LogP contribution in [0.3, 0.4) is 0 Å². The van der Waals surface area contributed by atoms with Crippen molar-refractivity contribution in [2.45, 2.75) is 49.5 Å². The molecule has 1 atom stereocenters. The Balaban J connectivity index is 1.44. The van der Waals surface area contributed by atoms with E-state index in [1.54, 1.807) is 25.3 Å². The van der Waals surface area contributed by atoms with Crippen LogP contribution in [0.4, 0.5) is 0 Å². The van der Waals surface area contributed by atoms with Crippen LogP contribution in [0.2, 0.25) is 0 Å². The number of β-amino-alcohol motifs (C(OH)–C–C–N with tert-alkyl or cyclic N) is 1. The summed E-state index contributed by atoms with van der Waals surface area (Å²) < 4.78 is 41.0. The number of likely N-dealkylation sites (N-methyl/N-ethyl adjacent to an activating group) is 1. The van der Waals surface area contributed by atoms with E-state index in [9.17, 15) is 18.3 Å². The number of rotatable bonds is 3. The molecule has 1 spiro atoms. The molecule has 0 radical (unpaired) electrons. The van der Waals surface area contributed by atoms with Gasteiger partial charge >= 0.3 is 0 Å². The summed E-state index contributed by atoms with van der Waals surface area (Å²) in [6.07, 6.45) is 4.87. The van der Waals surface area contributed by atoms with E-state index >= 15 is 0 Å². The fourth-order valence-corrected chi connectivity index (χ4v) is 7.58. The first-order valence-corrected chi connectivity index (χ1v) is 15.7. The van der Waals surface area contributed by atoms with E-state index in [1.807, 2.05) is 41.1 Å². The van der Waals surface area contributed by atoms with Crippen molar-refractivity contribution in [2.24, 2.45) is 11.3 Å². The number of likely N-dealkylation sites (tertiary alicyclic amines) is 1. The highest BCUT2D eigenvalue weighted by Gasteiger charge is 2.40. The second kappa shape index (κ2) is 12.1. The Kier molecular flexibility index (Phi) is 8.70. The number of ether oxygens (including phenoxy) is 2. The number of fused-ring (bicyclic) bond motifs is 1. The van der Waals surface area contributed by atoms with Crippen molar-refractivity contribution < 1.29 is 27.8 Å². The zero-order valence-corrected chi connectivity index (χ0v) is 24.3. The largest absolute Gasteiger partial charge is 0.497 e. The van der Waals surface area contributed by atoms with Gasteiger partial charge in [0.1, 0.15) is 16.4 Å². The number of amides is 1. The minimum absolute atomic E-state index is 0.0456. The average Bonchev–Trinajstić information content (AvgIpc) is 3.50. The van der Waals surface area contributed by atoms with Crippen LogP contribution < -0.4 is 14.2 Å². The van der Waals surface area contributed by atoms with Crippen LogP contribution in [0.5, 0.6) is 11.5 Å². The lowest BCUT2D eigenvalue weighted by molar-refractivity contribution is -0.138. The monoisotopic (exact) mass is 571 g/mol. The van der Waals surface area contributed by atoms with Gasteiger partial charge in [-0.1, -0.05) is 31.0 Å². The molecule has 2 fully saturated rings. The van der Waals surface area contributed by atoms with E-state index in [0.717, 1.165) is 49.7 Å². The van der Waals surface area contributed by atoms with Crippen LogP contribution in [0.15, 0.2) is 47.4 Å². The topological polar surface area (TPSA) is 108 Å². The molecule has 2 aliphatic heterocycles. The first-order valence-electron chi connectivity index (χ1n) is 14.2. The SMILES string of the molecule is COc1cccc(-c2ccc3c(c2)OCC2(CCN(C(=O)C4CCCC4)CC2)CN(C)CC(O)CNS3(=O)=O)c1. The number of hydrogen-bond acceptors (Lipinski definition) is 7. The normalized spacial score (nSPS) is 24.0. The standard InChI is InChI=1S/C30H41N3O6S/c1-32-19-25(34)18-31-40(36,37)28-11-10-24(23-8-5-9-26(16-23)38-2)17-27(28)39-21-30(20-32)12-14-33(15-13-30)29(35)22-6-3-4-7-22/h5,8-11,16-17,22,25,31,34H,3-4,6-7,12-15,18-21H2,1-2H3. The highest BCUT2D eigenvalue weighted by atomic mass is 32.2. The smallest absolute Gasteiger partial charge is 0.244 e. The van der Waals surface area contributed by atoms with Crippen molar-refractivity contribution in [1.82, 2.24) is 14.5 Å². The number of carbonyl (C=O) groups is 1. The molecule has 218 valence electrons. The molecule has 10 heteroatoms. The van der Waals surface area contributed by atoms with Crippen LogP contribution in [-0.2, 0) is 14.8 Å². The van der Waals surface area contributed by atoms with Crippen molar-refractivity contribution in [2.75, 3.05) is 53.5 Å². The Labute approximate surface area is 237 Å². The van der Waals surface area contributed by atoms with Gasteiger partial charge in [-0.2, -0.15) is 0 Å². The van der Waals surface area contributed by atoms with Crippen LogP contribution >= 0.6 is 0 Å². The predicted molar refractivity (Wildman–Crippen MR) is 153 cm³/mol. The summed E-state index contributed by atoms with van der Waals surface area (Å²) in [5, 5.41) is 10.6. The van der Waals surface area contributed by atoms with Crippen molar-refractivity contribution in [3.63, 3.8) is 0 Å². The van der Waals surface area contributed by atoms with Crippen molar-refractivity contribution in [1.29, 1.82) is 0 Å². The molecular weight excluding hydrogens is 530 g/mol. The molecule has 2 aromatic rings. The average molecular weight is 572 g/mol. The van der Waals surface area contributed by atoms with Crippen molar-refractivity contribution in [3.05, 3.63) is 42.5 Å². The summed E-state index contributed by atoms with van der Waals surface area (Å²) in [4.78, 5) is 17.2. The van der Waals surface area contributed by atoms with E-state index < -0.39 is 16.1 Å². The number of aliphatic hydroxyl groups is 1. The fraction of sp³-hybridized carbons (Fsp3) is 0.567. The Bertz CT molecular complexity index is 1300. The molecule has 3 aliphatic rings. The molecule has 2 N–H and O–H groups in total. The molecule has 9 nitrogen and oxygen atoms in total. The second-order valence-corrected chi connectivity index (χ2v) is 13.4. The van der Waals surface area contributed by atoms with Gasteiger partial charge in [-0.25, -0.2) is 13.1 Å². The summed E-state index contributed by atoms with van der Waals surface area (Å²) in [7, 11) is -0.386. The van der Waals surface area contributed by atoms with Crippen LogP contribution in [0, 0.1) is 11.3 Å². The van der Waals surface area contributed by atoms with E-state index in [0.29, 0.717) is 38.5 Å². The zero-order valence-electron chi connectivity index (χ0n) is 23.5. The Morgan fingerprint density at radius 1 is 1.10 bits per heavy atom. The highest BCUT2D eigenvalue weighted by molar-refractivity contribution is 7.89. The lowest BCUT2D eigenvalue weighted by Crippen LogP contribution is -2.52. The number of aliphatic hydroxyl groups excluding tert-OH is 1. The number of piperidine rings is 1. The number of nitrogens with one attached hydrogen (secondary N) is 1. The molecule has 1 saturated carbocycles. The van der Waals surface area contributed by atoms with Gasteiger partial charge in [0.25, 0.3) is 0 Å². The number of benzene rings is 2. The number of sulfonamides is 1. The number of hydrogen-bond donors (Lipinski definition) is 2. The Morgan fingerprint density at radius 2 is 1.82 bits per heavy atom. The summed E-state index contributed by atoms with van der Waals surface area (Å²) in [5.74, 6) is 1.40. The lowest BCUT2D eigenvalue weighted by atomic mass is 9.78. The van der Waals surface area contributed by atoms with Gasteiger partial charge in [0.15, 0.2) is 0 Å². The summed E-state index contributed by atoms with van der Waals surface area (Å²) >= 11 is 0. The van der Waals surface area contributed by atoms with E-state index in [2.05, 4.69) is 4.72 Å². The van der Waals surface area contributed by atoms with E-state index in [-0.39, 0.29) is 34.4 Å². The van der Waals surface area contributed by atoms with Crippen molar-refractivity contribution in [3.8, 4) is 22.6 Å². The molecule has 1 amide bonds. The Hall–Kier alpha value is -2.66. The molecule has 2 heterocycles. The maximum atomic E-state index is 13.3. The van der Waals surface area contributed by atoms with Gasteiger partial charge in [0.2, 0.25) is 15.9 Å². The molecule has 0 aromatic heterocycles. The third-order valence-electron chi connectivity index (χ3n) is 8.65. The third kappa shape index (κ3) is 6.46. The van der Waals surface area contributed by atoms with E-state index in [4.69, 9.17) is 9.47 Å². The zero-order chi connectivity index (χ0) is 28.3. The Morgan fingerprint density at radius 3 is 2.55 bits per heavy atom. The van der Waals surface area contributed by atoms with Gasteiger partial charge in [-0.3, -0.25) is 4.79 Å². The summed E-state index contributed by atoms with van der Waals surface area (Å²) in [5.41, 5.74) is 1.40. The first-order chi connectivity index (χ1) is 19.2. The minimum atomic E-state index is -3.93. The van der Waals surface area contributed by atoms with E-state index in [1.165, 1.54) is 0 Å². The van der Waals surface area contributed by atoms with Gasteiger partial charge < -0.3 is 24.4 Å². The molecular formula is C30H41N3O6S. The molecule has 5 rings (SSSR count). The van der Waals surface area contributed by atoms with Crippen molar-refractivity contribution >= 4 is 15.9 Å². The summed E-state index contributed by atoms with van der Waals surface area (Å²) in [6.45, 7) is 2.53. The third-order valence-corrected chi connectivity index (χ3v) is 10.1. The predicted octanol–water partition coefficient (Wildman–Crippen LogP) is 3.12. The molecule has 2 aromatic carbocycles. The second-order valence-electron chi connectivity index (χ2n) is 11.7. The van der Waals surface area contributed by atoms with Gasteiger partial charge in [0.05, 0.1) is 19.8 Å². The first kappa shape index (κ1) is 28.9. The molecule has 0 bridgehead atoms. The number of methoxy groups -OCH3 is 1. The fourth-order valence-electron chi connectivity index (χ4n) is 6.38. The van der Waals surface area contributed by atoms with Gasteiger partial charge in [0, 0.05) is 44.1 Å². The lowest BCUT2D eigenvalue weighted by Gasteiger charge is -2.44. The number of nitrogens with zero attached hydrogens (tertiary/aromatic N) is 2. The minimum Gasteiger partial charge on any atom is -0.497 e. The molecule has 40 heavy (non-hydrogen) atoms. The van der Waals surface area contributed by atoms with Gasteiger partial charge in [-0.15, -0.1) is 0 Å². The van der Waals surface area contributed by atoms with Crippen LogP contribution in [0.25, 0.3) is 11.1 Å². The van der Waals surface area contributed by atoms with Crippen LogP contribution in [-0.4, -0.2) is 88.8 Å². The molecule has 1 saturated heterocycles. The highest BCUT2D eigenvalue weighted by Crippen LogP contribution is 2.38. The van der Waals surface area contributed by atoms with Crippen LogP contribution in [0.1, 0.15) is 38.5 Å². The molecule has 1 aliphatic carbocycles. The number of carbonyl (C=O) groups excluding carboxylic acids is 1. The molecule has 1 unspecified atom stereocenters. The quantitative estimate of drug-likeness (QED) is 0.583. The maximum absolute atomic E-state index is 13.3. The van der Waals surface area contributed by atoms with Gasteiger partial charge in [-0.05, 0) is 68.1 Å².